The van der Waals surface area contributed by atoms with Crippen LogP contribution in [-0.2, 0) is 11.8 Å². The van der Waals surface area contributed by atoms with Gasteiger partial charge in [-0.2, -0.15) is 10.2 Å². The molecule has 0 spiro atoms. The van der Waals surface area contributed by atoms with Crippen molar-refractivity contribution in [1.82, 2.24) is 39.7 Å². The van der Waals surface area contributed by atoms with Gasteiger partial charge in [0.2, 0.25) is 5.95 Å². The van der Waals surface area contributed by atoms with Gasteiger partial charge in [-0.3, -0.25) is 14.2 Å². The Bertz CT molecular complexity index is 1370. The molecule has 11 nitrogen and oxygen atoms in total. The van der Waals surface area contributed by atoms with E-state index in [1.165, 1.54) is 0 Å². The highest BCUT2D eigenvalue weighted by atomic mass is 16.6. The summed E-state index contributed by atoms with van der Waals surface area (Å²) in [6, 6.07) is 2.06. The molecule has 184 valence electrons. The van der Waals surface area contributed by atoms with Crippen LogP contribution in [0.2, 0.25) is 0 Å². The second kappa shape index (κ2) is 9.05. The molecule has 1 aliphatic carbocycles. The predicted molar refractivity (Wildman–Crippen MR) is 132 cm³/mol. The van der Waals surface area contributed by atoms with E-state index in [2.05, 4.69) is 30.9 Å². The first-order valence-corrected chi connectivity index (χ1v) is 11.9. The van der Waals surface area contributed by atoms with E-state index in [1.807, 2.05) is 62.3 Å². The molecule has 2 atom stereocenters. The Labute approximate surface area is 203 Å². The average Bonchev–Trinajstić information content (AvgIpc) is 3.58. The Balaban J connectivity index is 1.33. The molecular weight excluding hydrogens is 446 g/mol. The van der Waals surface area contributed by atoms with Gasteiger partial charge in [0.25, 0.3) is 0 Å². The van der Waals surface area contributed by atoms with Crippen molar-refractivity contribution >= 4 is 23.5 Å². The van der Waals surface area contributed by atoms with Gasteiger partial charge in [-0.25, -0.2) is 14.8 Å². The van der Waals surface area contributed by atoms with Crippen molar-refractivity contribution in [2.24, 2.45) is 7.05 Å². The highest BCUT2D eigenvalue weighted by molar-refractivity contribution is 5.82. The topological polar surface area (TPSA) is 127 Å². The van der Waals surface area contributed by atoms with Gasteiger partial charge in [0.05, 0.1) is 11.9 Å². The molecule has 0 aliphatic heterocycles. The lowest BCUT2D eigenvalue weighted by molar-refractivity contribution is 0.0981. The normalized spacial score (nSPS) is 17.9. The number of rotatable bonds is 6. The third kappa shape index (κ3) is 4.45. The van der Waals surface area contributed by atoms with E-state index < -0.39 is 0 Å². The number of aromatic nitrogens is 7. The van der Waals surface area contributed by atoms with Gasteiger partial charge in [0, 0.05) is 60.0 Å². The van der Waals surface area contributed by atoms with Gasteiger partial charge in [-0.05, 0) is 47.0 Å². The summed E-state index contributed by atoms with van der Waals surface area (Å²) in [4.78, 5) is 21.3. The van der Waals surface area contributed by atoms with Gasteiger partial charge >= 0.3 is 6.09 Å². The van der Waals surface area contributed by atoms with Crippen molar-refractivity contribution in [3.63, 3.8) is 0 Å². The van der Waals surface area contributed by atoms with Crippen LogP contribution >= 0.6 is 0 Å². The van der Waals surface area contributed by atoms with Crippen molar-refractivity contribution in [2.45, 2.75) is 65.0 Å². The molecule has 11 heteroatoms. The third-order valence-electron chi connectivity index (χ3n) is 6.57. The monoisotopic (exact) mass is 477 g/mol. The van der Waals surface area contributed by atoms with E-state index >= 15 is 0 Å². The lowest BCUT2D eigenvalue weighted by Gasteiger charge is -2.14. The molecule has 0 radical (unpaired) electrons. The Morgan fingerprint density at radius 2 is 2.11 bits per heavy atom. The highest BCUT2D eigenvalue weighted by Gasteiger charge is 2.30. The van der Waals surface area contributed by atoms with Gasteiger partial charge in [-0.15, -0.1) is 0 Å². The summed E-state index contributed by atoms with van der Waals surface area (Å²) in [6.07, 6.45) is 7.61. The zero-order valence-corrected chi connectivity index (χ0v) is 20.7. The predicted octanol–water partition coefficient (Wildman–Crippen LogP) is 3.98. The molecule has 5 rings (SSSR count). The van der Waals surface area contributed by atoms with Crippen LogP contribution in [0.5, 0.6) is 0 Å². The third-order valence-corrected chi connectivity index (χ3v) is 6.57. The molecule has 4 aromatic heterocycles. The van der Waals surface area contributed by atoms with Crippen molar-refractivity contribution in [2.75, 3.05) is 5.32 Å². The maximum atomic E-state index is 11.9. The lowest BCUT2D eigenvalue weighted by atomic mass is 10.0. The number of alkyl carbamates (subject to hydrolysis) is 1. The Morgan fingerprint density at radius 3 is 2.86 bits per heavy atom. The first kappa shape index (κ1) is 22.9. The number of nitrogens with one attached hydrogen (secondary N) is 3. The van der Waals surface area contributed by atoms with Crippen LogP contribution in [0.1, 0.15) is 56.1 Å². The number of amides is 1. The largest absolute Gasteiger partial charge is 0.446 e. The van der Waals surface area contributed by atoms with Gasteiger partial charge in [0.15, 0.2) is 5.82 Å². The second-order valence-electron chi connectivity index (χ2n) is 9.45. The molecule has 1 saturated carbocycles. The molecule has 4 heterocycles. The van der Waals surface area contributed by atoms with E-state index in [0.29, 0.717) is 11.8 Å². The van der Waals surface area contributed by atoms with Gasteiger partial charge in [0.1, 0.15) is 11.8 Å². The number of ether oxygens (including phenoxy) is 1. The minimum absolute atomic E-state index is 0.0580. The Kier molecular flexibility index (Phi) is 5.91. The van der Waals surface area contributed by atoms with Crippen molar-refractivity contribution in [3.8, 4) is 11.1 Å². The maximum Gasteiger partial charge on any atom is 0.407 e. The molecule has 35 heavy (non-hydrogen) atoms. The van der Waals surface area contributed by atoms with Crippen LogP contribution < -0.4 is 10.6 Å². The average molecular weight is 478 g/mol. The number of aromatic amines is 1. The molecule has 3 N–H and O–H groups in total. The molecule has 1 fully saturated rings. The van der Waals surface area contributed by atoms with Gasteiger partial charge < -0.3 is 15.4 Å². The number of carbonyl (C=O) groups excluding carboxylic acids is 1. The number of hydrogen-bond donors (Lipinski definition) is 3. The number of fused-ring (bicyclic) bond motifs is 1. The molecule has 0 saturated heterocycles. The zero-order chi connectivity index (χ0) is 24.7. The second-order valence-corrected chi connectivity index (χ2v) is 9.45. The summed E-state index contributed by atoms with van der Waals surface area (Å²) < 4.78 is 9.33. The summed E-state index contributed by atoms with van der Waals surface area (Å²) in [5.74, 6) is 1.57. The van der Waals surface area contributed by atoms with E-state index in [9.17, 15) is 4.79 Å². The van der Waals surface area contributed by atoms with Crippen molar-refractivity contribution in [1.29, 1.82) is 0 Å². The van der Waals surface area contributed by atoms with Crippen LogP contribution in [0.4, 0.5) is 16.6 Å². The molecule has 0 aromatic carbocycles. The summed E-state index contributed by atoms with van der Waals surface area (Å²) in [6.45, 7) is 7.85. The fourth-order valence-electron chi connectivity index (χ4n) is 4.71. The Morgan fingerprint density at radius 1 is 1.29 bits per heavy atom. The van der Waals surface area contributed by atoms with Crippen LogP contribution in [0.15, 0.2) is 24.7 Å². The van der Waals surface area contributed by atoms with E-state index in [4.69, 9.17) is 9.72 Å². The number of carbonyl (C=O) groups is 1. The summed E-state index contributed by atoms with van der Waals surface area (Å²) >= 11 is 0. The number of nitrogens with zero attached hydrogens (tertiary/aromatic N) is 6. The molecule has 1 aliphatic rings. The van der Waals surface area contributed by atoms with Crippen LogP contribution in [0.3, 0.4) is 0 Å². The number of H-pyrrole nitrogens is 1. The molecule has 0 bridgehead atoms. The van der Waals surface area contributed by atoms with E-state index in [0.717, 1.165) is 53.1 Å². The Hall–Kier alpha value is -3.89. The van der Waals surface area contributed by atoms with Crippen LogP contribution in [0.25, 0.3) is 16.8 Å². The zero-order valence-electron chi connectivity index (χ0n) is 20.7. The first-order valence-electron chi connectivity index (χ1n) is 11.9. The van der Waals surface area contributed by atoms with Crippen molar-refractivity contribution in [3.05, 3.63) is 41.7 Å². The molecular formula is C24H31N9O2. The van der Waals surface area contributed by atoms with Crippen molar-refractivity contribution < 1.29 is 9.53 Å². The minimum atomic E-state index is -0.353. The van der Waals surface area contributed by atoms with Gasteiger partial charge in [-0.1, -0.05) is 0 Å². The highest BCUT2D eigenvalue weighted by Crippen LogP contribution is 2.36. The summed E-state index contributed by atoms with van der Waals surface area (Å²) in [5.41, 5.74) is 5.72. The fraction of sp³-hybridized carbons (Fsp3) is 0.458. The number of anilines is 2. The summed E-state index contributed by atoms with van der Waals surface area (Å²) in [5, 5.41) is 18.1. The first-order chi connectivity index (χ1) is 16.8. The summed E-state index contributed by atoms with van der Waals surface area (Å²) in [7, 11) is 1.93. The molecule has 1 amide bonds. The maximum absolute atomic E-state index is 11.9. The number of imidazole rings is 1. The van der Waals surface area contributed by atoms with E-state index in [-0.39, 0.29) is 24.2 Å². The van der Waals surface area contributed by atoms with E-state index in [1.54, 1.807) is 6.20 Å². The minimum Gasteiger partial charge on any atom is -0.446 e. The molecule has 4 aromatic rings. The molecule has 2 unspecified atom stereocenters. The quantitative estimate of drug-likeness (QED) is 0.383. The smallest absolute Gasteiger partial charge is 0.407 e. The SMILES string of the molecule is Cc1nc(Nc2cc(C3CCC(OC(=O)NC(C)C)C3)[nH]n2)n2ccnc2c1-c1cnn(C)c1C. The number of hydrogen-bond acceptors (Lipinski definition) is 7. The fourth-order valence-corrected chi connectivity index (χ4v) is 4.71. The lowest BCUT2D eigenvalue weighted by Crippen LogP contribution is -2.33. The number of aryl methyl sites for hydroxylation is 2. The standard InChI is InChI=1S/C24H31N9O2/c1-13(2)27-24(34)35-17-7-6-16(10-17)19-11-20(31-30-19)29-23-28-14(3)21(22-25-8-9-33(22)23)18-12-26-32(5)15(18)4/h8-9,11-13,16-17H,6-7,10H2,1-5H3,(H,27,34)(H2,28,29,30,31). The van der Waals surface area contributed by atoms with Crippen LogP contribution in [-0.4, -0.2) is 52.6 Å². The van der Waals surface area contributed by atoms with Crippen LogP contribution in [0, 0.1) is 13.8 Å².